The minimum atomic E-state index is -4.97. The van der Waals surface area contributed by atoms with E-state index >= 15 is 0 Å². The van der Waals surface area contributed by atoms with Crippen LogP contribution in [0, 0.1) is 6.92 Å². The summed E-state index contributed by atoms with van der Waals surface area (Å²) in [6.45, 7) is 5.20. The van der Waals surface area contributed by atoms with E-state index in [-0.39, 0.29) is 0 Å². The van der Waals surface area contributed by atoms with Crippen LogP contribution in [-0.4, -0.2) is 15.7 Å². The first kappa shape index (κ1) is 17.6. The molecule has 1 atom stereocenters. The van der Waals surface area contributed by atoms with Crippen molar-refractivity contribution in [3.05, 3.63) is 29.6 Å². The molecule has 1 aromatic rings. The molecule has 120 valence electrons. The van der Waals surface area contributed by atoms with Crippen LogP contribution in [0.5, 0.6) is 0 Å². The average molecular weight is 314 g/mol. The van der Waals surface area contributed by atoms with Gasteiger partial charge in [0.1, 0.15) is 11.3 Å². The Labute approximate surface area is 118 Å². The monoisotopic (exact) mass is 314 g/mol. The summed E-state index contributed by atoms with van der Waals surface area (Å²) in [4.78, 5) is 0. The molecule has 0 N–H and O–H groups in total. The van der Waals surface area contributed by atoms with Crippen molar-refractivity contribution in [1.29, 1.82) is 0 Å². The summed E-state index contributed by atoms with van der Waals surface area (Å²) >= 11 is 0. The predicted octanol–water partition coefficient (Wildman–Crippen LogP) is 4.53. The molecule has 2 nitrogen and oxygen atoms in total. The zero-order chi connectivity index (χ0) is 16.6. The summed E-state index contributed by atoms with van der Waals surface area (Å²) in [5.74, 6) is -4.04. The van der Waals surface area contributed by atoms with Gasteiger partial charge in [0.05, 0.1) is 0 Å². The fourth-order valence-electron chi connectivity index (χ4n) is 2.17. The van der Waals surface area contributed by atoms with Crippen molar-refractivity contribution in [2.75, 3.05) is 0 Å². The van der Waals surface area contributed by atoms with Gasteiger partial charge in [-0.15, -0.1) is 6.58 Å². The van der Waals surface area contributed by atoms with Gasteiger partial charge in [-0.25, -0.2) is 13.2 Å². The zero-order valence-electron chi connectivity index (χ0n) is 11.9. The highest BCUT2D eigenvalue weighted by atomic mass is 19.4. The molecule has 0 saturated heterocycles. The van der Waals surface area contributed by atoms with Crippen molar-refractivity contribution < 1.29 is 26.3 Å². The van der Waals surface area contributed by atoms with Crippen LogP contribution in [0.1, 0.15) is 36.7 Å². The molecule has 0 saturated carbocycles. The SMILES string of the molecule is C=CCC(F)(F)C(F)(CC)c1nn(C)c(C)c1C(F)(F)F. The van der Waals surface area contributed by atoms with Crippen LogP contribution in [-0.2, 0) is 18.9 Å². The van der Waals surface area contributed by atoms with Crippen molar-refractivity contribution in [3.63, 3.8) is 0 Å². The fraction of sp³-hybridized carbons (Fsp3) is 0.615. The lowest BCUT2D eigenvalue weighted by atomic mass is 9.86. The Morgan fingerprint density at radius 2 is 1.71 bits per heavy atom. The Morgan fingerprint density at radius 3 is 2.10 bits per heavy atom. The van der Waals surface area contributed by atoms with E-state index in [2.05, 4.69) is 11.7 Å². The van der Waals surface area contributed by atoms with Crippen molar-refractivity contribution in [1.82, 2.24) is 9.78 Å². The number of aromatic nitrogens is 2. The van der Waals surface area contributed by atoms with E-state index in [9.17, 15) is 26.3 Å². The quantitative estimate of drug-likeness (QED) is 0.576. The van der Waals surface area contributed by atoms with E-state index in [1.807, 2.05) is 0 Å². The molecular formula is C13H16F6N2. The number of aryl methyl sites for hydroxylation is 1. The predicted molar refractivity (Wildman–Crippen MR) is 65.8 cm³/mol. The zero-order valence-corrected chi connectivity index (χ0v) is 11.9. The van der Waals surface area contributed by atoms with Gasteiger partial charge in [-0.05, 0) is 13.3 Å². The van der Waals surface area contributed by atoms with E-state index in [0.29, 0.717) is 0 Å². The largest absolute Gasteiger partial charge is 0.420 e. The first-order valence-electron chi connectivity index (χ1n) is 6.21. The number of allylic oxidation sites excluding steroid dienone is 1. The molecule has 0 fully saturated rings. The van der Waals surface area contributed by atoms with Crippen molar-refractivity contribution in [2.24, 2.45) is 7.05 Å². The summed E-state index contributed by atoms with van der Waals surface area (Å²) < 4.78 is 82.8. The third-order valence-electron chi connectivity index (χ3n) is 3.46. The highest BCUT2D eigenvalue weighted by molar-refractivity contribution is 5.34. The molecule has 0 aromatic carbocycles. The van der Waals surface area contributed by atoms with Gasteiger partial charge in [0.25, 0.3) is 5.92 Å². The van der Waals surface area contributed by atoms with Crippen LogP contribution in [0.25, 0.3) is 0 Å². The van der Waals surface area contributed by atoms with Gasteiger partial charge in [0.2, 0.25) is 5.67 Å². The fourth-order valence-corrected chi connectivity index (χ4v) is 2.17. The smallest absolute Gasteiger partial charge is 0.272 e. The molecule has 0 amide bonds. The average Bonchev–Trinajstić information content (AvgIpc) is 2.64. The standard InChI is InChI=1S/C13H16F6N2/c1-5-7-12(15,16)11(14,6-2)10-9(13(17,18)19)8(3)21(4)20-10/h5H,1,6-7H2,2-4H3. The molecule has 0 spiro atoms. The van der Waals surface area contributed by atoms with Crippen LogP contribution in [0.4, 0.5) is 26.3 Å². The van der Waals surface area contributed by atoms with Gasteiger partial charge in [-0.3, -0.25) is 4.68 Å². The number of hydrogen-bond acceptors (Lipinski definition) is 1. The van der Waals surface area contributed by atoms with E-state index in [0.717, 1.165) is 31.7 Å². The van der Waals surface area contributed by atoms with Gasteiger partial charge in [-0.1, -0.05) is 13.0 Å². The minimum absolute atomic E-state index is 0.414. The highest BCUT2D eigenvalue weighted by Gasteiger charge is 2.59. The summed E-state index contributed by atoms with van der Waals surface area (Å²) in [5, 5.41) is 3.38. The van der Waals surface area contributed by atoms with Gasteiger partial charge in [0.15, 0.2) is 0 Å². The number of halogens is 6. The Morgan fingerprint density at radius 1 is 1.19 bits per heavy atom. The highest BCUT2D eigenvalue weighted by Crippen LogP contribution is 2.50. The van der Waals surface area contributed by atoms with Gasteiger partial charge in [-0.2, -0.15) is 18.3 Å². The summed E-state index contributed by atoms with van der Waals surface area (Å²) in [7, 11) is 1.15. The second kappa shape index (κ2) is 5.38. The maximum Gasteiger partial charge on any atom is 0.420 e. The molecule has 0 radical (unpaired) electrons. The summed E-state index contributed by atoms with van der Waals surface area (Å²) in [6.07, 6.45) is -6.12. The molecular weight excluding hydrogens is 298 g/mol. The summed E-state index contributed by atoms with van der Waals surface area (Å²) in [6, 6.07) is 0. The molecule has 21 heavy (non-hydrogen) atoms. The van der Waals surface area contributed by atoms with E-state index in [4.69, 9.17) is 0 Å². The van der Waals surface area contributed by atoms with Crippen LogP contribution in [0.3, 0.4) is 0 Å². The molecule has 0 bridgehead atoms. The molecule has 1 heterocycles. The lowest BCUT2D eigenvalue weighted by molar-refractivity contribution is -0.159. The second-order valence-corrected chi connectivity index (χ2v) is 4.78. The van der Waals surface area contributed by atoms with Gasteiger partial charge >= 0.3 is 6.18 Å². The van der Waals surface area contributed by atoms with Gasteiger partial charge in [0, 0.05) is 19.2 Å². The maximum atomic E-state index is 14.8. The third-order valence-corrected chi connectivity index (χ3v) is 3.46. The number of rotatable bonds is 5. The van der Waals surface area contributed by atoms with E-state index in [1.54, 1.807) is 0 Å². The molecule has 8 heteroatoms. The van der Waals surface area contributed by atoms with Crippen molar-refractivity contribution in [2.45, 2.75) is 44.5 Å². The third kappa shape index (κ3) is 2.80. The molecule has 1 rings (SSSR count). The minimum Gasteiger partial charge on any atom is -0.272 e. The van der Waals surface area contributed by atoms with Crippen molar-refractivity contribution >= 4 is 0 Å². The van der Waals surface area contributed by atoms with E-state index < -0.39 is 47.6 Å². The summed E-state index contributed by atoms with van der Waals surface area (Å²) in [5.41, 5.74) is -6.65. The Hall–Kier alpha value is -1.47. The van der Waals surface area contributed by atoms with E-state index in [1.165, 1.54) is 0 Å². The van der Waals surface area contributed by atoms with Crippen LogP contribution in [0.15, 0.2) is 12.7 Å². The maximum absolute atomic E-state index is 14.8. The first-order valence-corrected chi connectivity index (χ1v) is 6.21. The first-order chi connectivity index (χ1) is 9.42. The number of nitrogens with zero attached hydrogens (tertiary/aromatic N) is 2. The number of hydrogen-bond donors (Lipinski definition) is 0. The van der Waals surface area contributed by atoms with Crippen molar-refractivity contribution in [3.8, 4) is 0 Å². The Bertz CT molecular complexity index is 531. The van der Waals surface area contributed by atoms with Gasteiger partial charge < -0.3 is 0 Å². The van der Waals surface area contributed by atoms with Crippen LogP contribution in [0.2, 0.25) is 0 Å². The molecule has 0 aliphatic heterocycles. The number of alkyl halides is 6. The lowest BCUT2D eigenvalue weighted by Crippen LogP contribution is -2.42. The van der Waals surface area contributed by atoms with Crippen LogP contribution >= 0.6 is 0 Å². The topological polar surface area (TPSA) is 17.8 Å². The second-order valence-electron chi connectivity index (χ2n) is 4.78. The molecule has 1 unspecified atom stereocenters. The Balaban J connectivity index is 3.63. The van der Waals surface area contributed by atoms with Crippen LogP contribution < -0.4 is 0 Å². The lowest BCUT2D eigenvalue weighted by Gasteiger charge is -2.31. The molecule has 1 aromatic heterocycles. The normalized spacial score (nSPS) is 15.9. The molecule has 0 aliphatic rings. The molecule has 0 aliphatic carbocycles. The Kier molecular flexibility index (Phi) is 4.51.